The first-order valence-corrected chi connectivity index (χ1v) is 5.41. The van der Waals surface area contributed by atoms with E-state index in [1.54, 1.807) is 6.33 Å². The average Bonchev–Trinajstić information content (AvgIpc) is 2.79. The molecule has 0 amide bonds. The minimum Gasteiger partial charge on any atom is -0.435 e. The van der Waals surface area contributed by atoms with Crippen molar-refractivity contribution in [2.45, 2.75) is 6.92 Å². The summed E-state index contributed by atoms with van der Waals surface area (Å²) in [6.07, 6.45) is 3.19. The quantitative estimate of drug-likeness (QED) is 0.596. The van der Waals surface area contributed by atoms with Gasteiger partial charge in [0.1, 0.15) is 0 Å². The Hall–Kier alpha value is -2.23. The van der Waals surface area contributed by atoms with Gasteiger partial charge in [-0.25, -0.2) is 4.57 Å². The first-order chi connectivity index (χ1) is 8.27. The van der Waals surface area contributed by atoms with E-state index in [1.165, 1.54) is 12.0 Å². The molecule has 2 heterocycles. The van der Waals surface area contributed by atoms with Gasteiger partial charge in [0.05, 0.1) is 7.05 Å². The topological polar surface area (TPSA) is 42.8 Å². The first kappa shape index (κ1) is 9.96. The van der Waals surface area contributed by atoms with Gasteiger partial charge in [-0.2, -0.15) is 4.98 Å². The lowest BCUT2D eigenvalue weighted by molar-refractivity contribution is -0.662. The van der Waals surface area contributed by atoms with E-state index >= 15 is 0 Å². The van der Waals surface area contributed by atoms with Crippen molar-refractivity contribution in [3.8, 4) is 11.3 Å². The van der Waals surface area contributed by atoms with Crippen molar-refractivity contribution in [2.24, 2.45) is 7.05 Å². The molecule has 0 bridgehead atoms. The van der Waals surface area contributed by atoms with Crippen LogP contribution in [0.15, 0.2) is 41.4 Å². The van der Waals surface area contributed by atoms with Crippen LogP contribution in [0.25, 0.3) is 22.5 Å². The fraction of sp³-hybridized carbons (Fsp3) is 0.154. The lowest BCUT2D eigenvalue weighted by atomic mass is 10.1. The number of oxazole rings is 1. The van der Waals surface area contributed by atoms with E-state index < -0.39 is 0 Å². The summed E-state index contributed by atoms with van der Waals surface area (Å²) in [5, 5.41) is 0. The summed E-state index contributed by atoms with van der Waals surface area (Å²) in [5.41, 5.74) is 4.71. The van der Waals surface area contributed by atoms with Crippen molar-refractivity contribution in [3.63, 3.8) is 0 Å². The Morgan fingerprint density at radius 3 is 2.82 bits per heavy atom. The van der Waals surface area contributed by atoms with Gasteiger partial charge in [-0.1, -0.05) is 24.3 Å². The maximum Gasteiger partial charge on any atom is 0.316 e. The molecule has 0 aliphatic heterocycles. The third-order valence-electron chi connectivity index (χ3n) is 2.87. The summed E-state index contributed by atoms with van der Waals surface area (Å²) in [7, 11) is 1.96. The molecular formula is C13H12N3O+. The molecule has 0 aliphatic rings. The molecule has 0 saturated heterocycles. The number of benzene rings is 1. The molecule has 0 unspecified atom stereocenters. The molecule has 4 nitrogen and oxygen atoms in total. The number of aromatic nitrogens is 3. The van der Waals surface area contributed by atoms with E-state index in [0.29, 0.717) is 5.65 Å². The third-order valence-corrected chi connectivity index (χ3v) is 2.87. The number of hydrogen-bond donors (Lipinski definition) is 0. The minimum absolute atomic E-state index is 0.640. The van der Waals surface area contributed by atoms with Gasteiger partial charge in [0.2, 0.25) is 5.58 Å². The van der Waals surface area contributed by atoms with E-state index in [1.807, 2.05) is 23.7 Å². The molecule has 0 fully saturated rings. The second-order valence-electron chi connectivity index (χ2n) is 4.02. The van der Waals surface area contributed by atoms with Crippen molar-refractivity contribution in [1.29, 1.82) is 0 Å². The second-order valence-corrected chi connectivity index (χ2v) is 4.02. The van der Waals surface area contributed by atoms with Crippen molar-refractivity contribution >= 4 is 11.2 Å². The Balaban J connectivity index is 2.40. The lowest BCUT2D eigenvalue weighted by Gasteiger charge is -2.04. The number of nitrogens with zero attached hydrogens (tertiary/aromatic N) is 3. The number of hydrogen-bond acceptors (Lipinski definition) is 3. The zero-order chi connectivity index (χ0) is 11.8. The van der Waals surface area contributed by atoms with Crippen molar-refractivity contribution in [3.05, 3.63) is 42.5 Å². The lowest BCUT2D eigenvalue weighted by Crippen LogP contribution is -2.31. The standard InChI is InChI=1S/C13H12N3O/c1-9-5-3-4-6-10(9)11-12-13(15-8-17-12)14-7-16(11)2/h3-8H,1-2H3/q+1. The normalized spacial score (nSPS) is 10.9. The second kappa shape index (κ2) is 3.66. The highest BCUT2D eigenvalue weighted by atomic mass is 16.3. The highest BCUT2D eigenvalue weighted by Gasteiger charge is 2.19. The fourth-order valence-corrected chi connectivity index (χ4v) is 2.00. The molecule has 0 aliphatic carbocycles. The van der Waals surface area contributed by atoms with Crippen LogP contribution in [0, 0.1) is 6.92 Å². The molecule has 3 rings (SSSR count). The van der Waals surface area contributed by atoms with Crippen LogP contribution in [-0.4, -0.2) is 9.97 Å². The summed E-state index contributed by atoms with van der Waals surface area (Å²) < 4.78 is 7.40. The maximum atomic E-state index is 5.44. The molecule has 0 saturated carbocycles. The highest BCUT2D eigenvalue weighted by Crippen LogP contribution is 2.25. The van der Waals surface area contributed by atoms with Gasteiger partial charge >= 0.3 is 5.65 Å². The molecule has 84 valence electrons. The molecule has 3 aromatic rings. The SMILES string of the molecule is Cc1ccccc1-c1c2ocnc2nc[n+]1C. The van der Waals surface area contributed by atoms with Crippen LogP contribution in [0.4, 0.5) is 0 Å². The molecule has 0 N–H and O–H groups in total. The fourth-order valence-electron chi connectivity index (χ4n) is 2.00. The van der Waals surface area contributed by atoms with Crippen LogP contribution in [0.1, 0.15) is 5.56 Å². The number of rotatable bonds is 1. The molecule has 4 heteroatoms. The number of aryl methyl sites for hydroxylation is 2. The van der Waals surface area contributed by atoms with Gasteiger partial charge in [-0.15, -0.1) is 0 Å². The Bertz CT molecular complexity index is 688. The van der Waals surface area contributed by atoms with Crippen LogP contribution in [0.3, 0.4) is 0 Å². The smallest absolute Gasteiger partial charge is 0.316 e. The van der Waals surface area contributed by atoms with Crippen LogP contribution in [0.2, 0.25) is 0 Å². The summed E-state index contributed by atoms with van der Waals surface area (Å²) in [6, 6.07) is 8.20. The van der Waals surface area contributed by atoms with Crippen molar-refractivity contribution < 1.29 is 8.98 Å². The van der Waals surface area contributed by atoms with Crippen LogP contribution in [0.5, 0.6) is 0 Å². The summed E-state index contributed by atoms with van der Waals surface area (Å²) in [4.78, 5) is 8.30. The minimum atomic E-state index is 0.640. The van der Waals surface area contributed by atoms with Crippen LogP contribution >= 0.6 is 0 Å². The van der Waals surface area contributed by atoms with Gasteiger partial charge in [0.15, 0.2) is 12.1 Å². The van der Waals surface area contributed by atoms with Gasteiger partial charge in [-0.3, -0.25) is 0 Å². The van der Waals surface area contributed by atoms with Gasteiger partial charge in [0.25, 0.3) is 6.33 Å². The van der Waals surface area contributed by atoms with Gasteiger partial charge < -0.3 is 4.42 Å². The highest BCUT2D eigenvalue weighted by molar-refractivity contribution is 5.83. The zero-order valence-electron chi connectivity index (χ0n) is 9.71. The Morgan fingerprint density at radius 1 is 1.18 bits per heavy atom. The molecule has 17 heavy (non-hydrogen) atoms. The molecule has 2 aromatic heterocycles. The molecule has 0 atom stereocenters. The monoisotopic (exact) mass is 226 g/mol. The van der Waals surface area contributed by atoms with Crippen LogP contribution < -0.4 is 4.57 Å². The average molecular weight is 226 g/mol. The Labute approximate surface area is 98.6 Å². The molecule has 0 spiro atoms. The predicted octanol–water partition coefficient (Wildman–Crippen LogP) is 2.02. The number of fused-ring (bicyclic) bond motifs is 1. The third kappa shape index (κ3) is 1.49. The van der Waals surface area contributed by atoms with Crippen LogP contribution in [-0.2, 0) is 7.05 Å². The predicted molar refractivity (Wildman–Crippen MR) is 63.2 cm³/mol. The van der Waals surface area contributed by atoms with Gasteiger partial charge in [0, 0.05) is 5.56 Å². The first-order valence-electron chi connectivity index (χ1n) is 5.41. The van der Waals surface area contributed by atoms with Crippen molar-refractivity contribution in [2.75, 3.05) is 0 Å². The van der Waals surface area contributed by atoms with E-state index in [9.17, 15) is 0 Å². The summed E-state index contributed by atoms with van der Waals surface area (Å²) in [5.74, 6) is 0. The largest absolute Gasteiger partial charge is 0.435 e. The van der Waals surface area contributed by atoms with Crippen molar-refractivity contribution in [1.82, 2.24) is 9.97 Å². The Kier molecular flexibility index (Phi) is 2.14. The Morgan fingerprint density at radius 2 is 2.00 bits per heavy atom. The summed E-state index contributed by atoms with van der Waals surface area (Å²) >= 11 is 0. The van der Waals surface area contributed by atoms with E-state index in [0.717, 1.165) is 16.8 Å². The van der Waals surface area contributed by atoms with Gasteiger partial charge in [-0.05, 0) is 17.5 Å². The zero-order valence-corrected chi connectivity index (χ0v) is 9.71. The molecular weight excluding hydrogens is 214 g/mol. The van der Waals surface area contributed by atoms with E-state index in [-0.39, 0.29) is 0 Å². The van der Waals surface area contributed by atoms with E-state index in [2.05, 4.69) is 29.0 Å². The molecule has 1 aromatic carbocycles. The maximum absolute atomic E-state index is 5.44. The van der Waals surface area contributed by atoms with E-state index in [4.69, 9.17) is 4.42 Å². The summed E-state index contributed by atoms with van der Waals surface area (Å²) in [6.45, 7) is 2.08. The molecule has 0 radical (unpaired) electrons.